The quantitative estimate of drug-likeness (QED) is 0.799. The highest BCUT2D eigenvalue weighted by atomic mass is 32.2. The van der Waals surface area contributed by atoms with Gasteiger partial charge in [-0.2, -0.15) is 0 Å². The Hall–Kier alpha value is -0.470. The van der Waals surface area contributed by atoms with Gasteiger partial charge in [-0.15, -0.1) is 11.3 Å². The van der Waals surface area contributed by atoms with Gasteiger partial charge in [0.05, 0.1) is 6.10 Å². The summed E-state index contributed by atoms with van der Waals surface area (Å²) in [6, 6.07) is 3.34. The van der Waals surface area contributed by atoms with Crippen LogP contribution in [0.3, 0.4) is 0 Å². The Labute approximate surface area is 124 Å². The van der Waals surface area contributed by atoms with Gasteiger partial charge in [-0.25, -0.2) is 13.1 Å². The summed E-state index contributed by atoms with van der Waals surface area (Å²) in [7, 11) is -3.43. The van der Waals surface area contributed by atoms with Crippen LogP contribution < -0.4 is 4.72 Å². The summed E-state index contributed by atoms with van der Waals surface area (Å²) in [6.45, 7) is 1.22. The Kier molecular flexibility index (Phi) is 5.98. The maximum atomic E-state index is 12.1. The van der Waals surface area contributed by atoms with E-state index in [-0.39, 0.29) is 12.7 Å². The number of sulfonamides is 1. The normalized spacial score (nSPS) is 20.1. The fourth-order valence-corrected chi connectivity index (χ4v) is 4.64. The third kappa shape index (κ3) is 4.53. The third-order valence-electron chi connectivity index (χ3n) is 3.29. The zero-order valence-electron chi connectivity index (χ0n) is 11.4. The highest BCUT2D eigenvalue weighted by molar-refractivity contribution is 7.91. The fourth-order valence-electron chi connectivity index (χ4n) is 2.21. The van der Waals surface area contributed by atoms with Crippen molar-refractivity contribution in [3.8, 4) is 0 Å². The van der Waals surface area contributed by atoms with E-state index >= 15 is 0 Å². The van der Waals surface area contributed by atoms with Crippen molar-refractivity contribution in [3.63, 3.8) is 0 Å². The van der Waals surface area contributed by atoms with Crippen molar-refractivity contribution in [1.29, 1.82) is 0 Å². The highest BCUT2D eigenvalue weighted by Crippen LogP contribution is 2.22. The molecule has 2 rings (SSSR count). The van der Waals surface area contributed by atoms with E-state index in [4.69, 9.17) is 9.84 Å². The van der Waals surface area contributed by atoms with E-state index < -0.39 is 10.0 Å². The first-order valence-electron chi connectivity index (χ1n) is 6.92. The predicted octanol–water partition coefficient (Wildman–Crippen LogP) is 1.52. The SMILES string of the molecule is O=S(=O)(NCCC1CCCCO1)c1ccc(CCO)s1. The molecule has 0 spiro atoms. The minimum absolute atomic E-state index is 0.0342. The van der Waals surface area contributed by atoms with Crippen LogP contribution in [0.15, 0.2) is 16.3 Å². The van der Waals surface area contributed by atoms with Crippen molar-refractivity contribution >= 4 is 21.4 Å². The second-order valence-electron chi connectivity index (χ2n) is 4.87. The van der Waals surface area contributed by atoms with E-state index in [9.17, 15) is 8.42 Å². The molecular weight excluding hydrogens is 298 g/mol. The molecule has 1 aliphatic rings. The molecule has 2 heterocycles. The summed E-state index contributed by atoms with van der Waals surface area (Å²) in [4.78, 5) is 0.878. The maximum Gasteiger partial charge on any atom is 0.250 e. The Balaban J connectivity index is 1.83. The summed E-state index contributed by atoms with van der Waals surface area (Å²) in [5.41, 5.74) is 0. The van der Waals surface area contributed by atoms with Crippen LogP contribution in [0.4, 0.5) is 0 Å². The Bertz CT molecular complexity index is 506. The standard InChI is InChI=1S/C13H21NO4S2/c15-9-7-12-4-5-13(19-12)20(16,17)14-8-6-11-3-1-2-10-18-11/h4-5,11,14-15H,1-3,6-10H2. The lowest BCUT2D eigenvalue weighted by atomic mass is 10.1. The molecule has 114 valence electrons. The molecule has 1 aromatic rings. The molecular formula is C13H21NO4S2. The first kappa shape index (κ1) is 15.9. The molecule has 1 aliphatic heterocycles. The monoisotopic (exact) mass is 319 g/mol. The van der Waals surface area contributed by atoms with Gasteiger partial charge in [0, 0.05) is 31.1 Å². The molecule has 0 radical (unpaired) electrons. The summed E-state index contributed by atoms with van der Waals surface area (Å²) in [6.07, 6.45) is 4.67. The smallest absolute Gasteiger partial charge is 0.250 e. The van der Waals surface area contributed by atoms with E-state index in [0.717, 1.165) is 30.7 Å². The average Bonchev–Trinajstić information content (AvgIpc) is 2.90. The number of rotatable bonds is 7. The number of ether oxygens (including phenoxy) is 1. The average molecular weight is 319 g/mol. The van der Waals surface area contributed by atoms with Gasteiger partial charge in [0.2, 0.25) is 10.0 Å². The molecule has 0 saturated carbocycles. The van der Waals surface area contributed by atoms with Crippen LogP contribution in [0.2, 0.25) is 0 Å². The number of hydrogen-bond donors (Lipinski definition) is 2. The van der Waals surface area contributed by atoms with Gasteiger partial charge in [-0.3, -0.25) is 0 Å². The highest BCUT2D eigenvalue weighted by Gasteiger charge is 2.18. The van der Waals surface area contributed by atoms with Crippen molar-refractivity contribution in [2.45, 2.75) is 42.4 Å². The van der Waals surface area contributed by atoms with Crippen molar-refractivity contribution in [2.75, 3.05) is 19.8 Å². The van der Waals surface area contributed by atoms with Crippen LogP contribution >= 0.6 is 11.3 Å². The molecule has 20 heavy (non-hydrogen) atoms. The van der Waals surface area contributed by atoms with E-state index in [2.05, 4.69) is 4.72 Å². The van der Waals surface area contributed by atoms with Crippen LogP contribution in [-0.4, -0.2) is 39.4 Å². The lowest BCUT2D eigenvalue weighted by Crippen LogP contribution is -2.29. The summed E-state index contributed by atoms with van der Waals surface area (Å²) in [5, 5.41) is 8.85. The van der Waals surface area contributed by atoms with Crippen molar-refractivity contribution in [2.24, 2.45) is 0 Å². The molecule has 1 aromatic heterocycles. The molecule has 0 amide bonds. The number of hydrogen-bond acceptors (Lipinski definition) is 5. The van der Waals surface area contributed by atoms with Crippen molar-refractivity contribution in [3.05, 3.63) is 17.0 Å². The Morgan fingerprint density at radius 2 is 2.25 bits per heavy atom. The molecule has 2 N–H and O–H groups in total. The molecule has 7 heteroatoms. The van der Waals surface area contributed by atoms with Crippen LogP contribution in [-0.2, 0) is 21.2 Å². The summed E-state index contributed by atoms with van der Waals surface area (Å²) >= 11 is 1.21. The molecule has 1 atom stereocenters. The Morgan fingerprint density at radius 1 is 1.40 bits per heavy atom. The van der Waals surface area contributed by atoms with E-state index in [0.29, 0.717) is 23.6 Å². The number of aliphatic hydroxyl groups is 1. The third-order valence-corrected chi connectivity index (χ3v) is 6.39. The van der Waals surface area contributed by atoms with Crippen LogP contribution in [0, 0.1) is 0 Å². The van der Waals surface area contributed by atoms with Gasteiger partial charge in [0.15, 0.2) is 0 Å². The largest absolute Gasteiger partial charge is 0.396 e. The second-order valence-corrected chi connectivity index (χ2v) is 8.03. The minimum atomic E-state index is -3.43. The van der Waals surface area contributed by atoms with Crippen LogP contribution in [0.1, 0.15) is 30.6 Å². The van der Waals surface area contributed by atoms with Gasteiger partial charge in [-0.05, 0) is 37.8 Å². The van der Waals surface area contributed by atoms with Gasteiger partial charge in [0.25, 0.3) is 0 Å². The maximum absolute atomic E-state index is 12.1. The molecule has 0 bridgehead atoms. The van der Waals surface area contributed by atoms with E-state index in [1.807, 2.05) is 0 Å². The molecule has 5 nitrogen and oxygen atoms in total. The van der Waals surface area contributed by atoms with E-state index in [1.165, 1.54) is 11.3 Å². The van der Waals surface area contributed by atoms with E-state index in [1.54, 1.807) is 12.1 Å². The lowest BCUT2D eigenvalue weighted by Gasteiger charge is -2.22. The van der Waals surface area contributed by atoms with Gasteiger partial charge in [-0.1, -0.05) is 0 Å². The molecule has 1 fully saturated rings. The molecule has 0 aliphatic carbocycles. The first-order chi connectivity index (χ1) is 9.62. The first-order valence-corrected chi connectivity index (χ1v) is 9.22. The van der Waals surface area contributed by atoms with Crippen LogP contribution in [0.5, 0.6) is 0 Å². The topological polar surface area (TPSA) is 75.6 Å². The number of nitrogens with one attached hydrogen (secondary N) is 1. The summed E-state index contributed by atoms with van der Waals surface area (Å²) < 4.78 is 32.7. The second kappa shape index (κ2) is 7.51. The molecule has 1 unspecified atom stereocenters. The van der Waals surface area contributed by atoms with Crippen molar-refractivity contribution in [1.82, 2.24) is 4.72 Å². The van der Waals surface area contributed by atoms with Gasteiger partial charge >= 0.3 is 0 Å². The van der Waals surface area contributed by atoms with Gasteiger partial charge in [0.1, 0.15) is 4.21 Å². The number of aliphatic hydroxyl groups excluding tert-OH is 1. The predicted molar refractivity (Wildman–Crippen MR) is 78.5 cm³/mol. The fraction of sp³-hybridized carbons (Fsp3) is 0.692. The zero-order chi connectivity index (χ0) is 14.4. The lowest BCUT2D eigenvalue weighted by molar-refractivity contribution is 0.0123. The Morgan fingerprint density at radius 3 is 2.95 bits per heavy atom. The minimum Gasteiger partial charge on any atom is -0.396 e. The molecule has 0 aromatic carbocycles. The molecule has 1 saturated heterocycles. The van der Waals surface area contributed by atoms with Crippen LogP contribution in [0.25, 0.3) is 0 Å². The zero-order valence-corrected chi connectivity index (χ0v) is 13.0. The summed E-state index contributed by atoms with van der Waals surface area (Å²) in [5.74, 6) is 0. The van der Waals surface area contributed by atoms with Gasteiger partial charge < -0.3 is 9.84 Å². The van der Waals surface area contributed by atoms with Crippen molar-refractivity contribution < 1.29 is 18.3 Å². The number of thiophene rings is 1.